The molecule has 1 aromatic heterocycles. The predicted molar refractivity (Wildman–Crippen MR) is 58.1 cm³/mol. The fraction of sp³-hybridized carbons (Fsp3) is 0.778. The number of hydrogen-bond donors (Lipinski definition) is 3. The summed E-state index contributed by atoms with van der Waals surface area (Å²) in [6.07, 6.45) is 1.44. The van der Waals surface area contributed by atoms with Crippen molar-refractivity contribution >= 4 is 5.91 Å². The SMILES string of the molecule is CCC(CC)(CN)C(=O)NCc1nn[nH]n1. The quantitative estimate of drug-likeness (QED) is 0.610. The molecule has 0 bridgehead atoms. The molecule has 0 fully saturated rings. The first-order valence-corrected chi connectivity index (χ1v) is 5.39. The number of aromatic amines is 1. The van der Waals surface area contributed by atoms with Crippen LogP contribution in [0.2, 0.25) is 0 Å². The van der Waals surface area contributed by atoms with Crippen molar-refractivity contribution in [1.82, 2.24) is 25.9 Å². The number of amides is 1. The summed E-state index contributed by atoms with van der Waals surface area (Å²) in [5.74, 6) is 0.413. The van der Waals surface area contributed by atoms with Crippen LogP contribution in [0, 0.1) is 5.41 Å². The maximum atomic E-state index is 12.0. The molecular weight excluding hydrogens is 208 g/mol. The van der Waals surface area contributed by atoms with Crippen molar-refractivity contribution < 1.29 is 4.79 Å². The molecular formula is C9H18N6O. The second-order valence-corrected chi connectivity index (χ2v) is 3.70. The van der Waals surface area contributed by atoms with Crippen LogP contribution in [0.5, 0.6) is 0 Å². The lowest BCUT2D eigenvalue weighted by molar-refractivity contribution is -0.131. The minimum Gasteiger partial charge on any atom is -0.348 e. The number of rotatable bonds is 6. The van der Waals surface area contributed by atoms with E-state index in [1.807, 2.05) is 13.8 Å². The van der Waals surface area contributed by atoms with Crippen molar-refractivity contribution in [1.29, 1.82) is 0 Å². The van der Waals surface area contributed by atoms with Crippen molar-refractivity contribution in [3.8, 4) is 0 Å². The Balaban J connectivity index is 2.56. The highest BCUT2D eigenvalue weighted by atomic mass is 16.2. The summed E-state index contributed by atoms with van der Waals surface area (Å²) < 4.78 is 0. The van der Waals surface area contributed by atoms with Crippen molar-refractivity contribution in [2.45, 2.75) is 33.2 Å². The van der Waals surface area contributed by atoms with Crippen LogP contribution in [-0.2, 0) is 11.3 Å². The minimum atomic E-state index is -0.482. The molecule has 0 saturated heterocycles. The molecule has 0 saturated carbocycles. The summed E-state index contributed by atoms with van der Waals surface area (Å²) in [7, 11) is 0. The fourth-order valence-corrected chi connectivity index (χ4v) is 1.56. The van der Waals surface area contributed by atoms with Crippen LogP contribution in [0.4, 0.5) is 0 Å². The van der Waals surface area contributed by atoms with Gasteiger partial charge in [0.05, 0.1) is 12.0 Å². The maximum Gasteiger partial charge on any atom is 0.227 e. The molecule has 0 aliphatic rings. The molecule has 1 amide bonds. The van der Waals surface area contributed by atoms with E-state index in [1.165, 1.54) is 0 Å². The lowest BCUT2D eigenvalue weighted by Crippen LogP contribution is -2.45. The normalized spacial score (nSPS) is 11.4. The highest BCUT2D eigenvalue weighted by Crippen LogP contribution is 2.24. The Hall–Kier alpha value is -1.50. The largest absolute Gasteiger partial charge is 0.348 e. The molecule has 0 spiro atoms. The highest BCUT2D eigenvalue weighted by Gasteiger charge is 2.33. The highest BCUT2D eigenvalue weighted by molar-refractivity contribution is 5.82. The summed E-state index contributed by atoms with van der Waals surface area (Å²) in [5.41, 5.74) is 5.19. The standard InChI is InChI=1S/C9H18N6O/c1-3-9(4-2,6-10)8(16)11-5-7-12-14-15-13-7/h3-6,10H2,1-2H3,(H,11,16)(H,12,13,14,15). The van der Waals surface area contributed by atoms with E-state index in [0.717, 1.165) is 12.8 Å². The molecule has 7 nitrogen and oxygen atoms in total. The first kappa shape index (κ1) is 12.6. The second kappa shape index (κ2) is 5.55. The monoisotopic (exact) mass is 226 g/mol. The van der Waals surface area contributed by atoms with Crippen LogP contribution >= 0.6 is 0 Å². The molecule has 4 N–H and O–H groups in total. The number of aromatic nitrogens is 4. The summed E-state index contributed by atoms with van der Waals surface area (Å²) in [6, 6.07) is 0. The first-order valence-electron chi connectivity index (χ1n) is 5.39. The second-order valence-electron chi connectivity index (χ2n) is 3.70. The Kier molecular flexibility index (Phi) is 4.36. The van der Waals surface area contributed by atoms with Gasteiger partial charge in [-0.25, -0.2) is 0 Å². The third-order valence-electron chi connectivity index (χ3n) is 3.02. The van der Waals surface area contributed by atoms with Crippen molar-refractivity contribution in [2.75, 3.05) is 6.54 Å². The Bertz CT molecular complexity index is 310. The van der Waals surface area contributed by atoms with Crippen LogP contribution in [0.1, 0.15) is 32.5 Å². The zero-order valence-corrected chi connectivity index (χ0v) is 9.66. The molecule has 16 heavy (non-hydrogen) atoms. The maximum absolute atomic E-state index is 12.0. The van der Waals surface area contributed by atoms with Gasteiger partial charge in [0.15, 0.2) is 5.82 Å². The number of nitrogens with zero attached hydrogens (tertiary/aromatic N) is 3. The van der Waals surface area contributed by atoms with E-state index in [9.17, 15) is 4.79 Å². The molecule has 0 aliphatic carbocycles. The molecule has 1 rings (SSSR count). The van der Waals surface area contributed by atoms with Gasteiger partial charge in [0.1, 0.15) is 0 Å². The molecule has 7 heteroatoms. The van der Waals surface area contributed by atoms with E-state index in [-0.39, 0.29) is 12.5 Å². The van der Waals surface area contributed by atoms with Crippen molar-refractivity contribution in [3.63, 3.8) is 0 Å². The lowest BCUT2D eigenvalue weighted by Gasteiger charge is -2.28. The average Bonchev–Trinajstić information content (AvgIpc) is 2.82. The third kappa shape index (κ3) is 2.54. The summed E-state index contributed by atoms with van der Waals surface area (Å²) in [6.45, 7) is 4.55. The van der Waals surface area contributed by atoms with E-state index in [2.05, 4.69) is 25.9 Å². The van der Waals surface area contributed by atoms with E-state index < -0.39 is 5.41 Å². The van der Waals surface area contributed by atoms with Crippen LogP contribution in [0.3, 0.4) is 0 Å². The first-order chi connectivity index (χ1) is 7.68. The molecule has 1 heterocycles. The molecule has 0 aliphatic heterocycles. The van der Waals surface area contributed by atoms with Crippen LogP contribution in [0.15, 0.2) is 0 Å². The smallest absolute Gasteiger partial charge is 0.227 e. The van der Waals surface area contributed by atoms with E-state index in [1.54, 1.807) is 0 Å². The number of hydrogen-bond acceptors (Lipinski definition) is 5. The number of tetrazole rings is 1. The number of H-pyrrole nitrogens is 1. The van der Waals surface area contributed by atoms with Crippen LogP contribution in [-0.4, -0.2) is 33.1 Å². The number of nitrogens with one attached hydrogen (secondary N) is 2. The molecule has 0 radical (unpaired) electrons. The Labute approximate surface area is 94.2 Å². The van der Waals surface area contributed by atoms with E-state index >= 15 is 0 Å². The minimum absolute atomic E-state index is 0.0511. The number of nitrogens with two attached hydrogens (primary N) is 1. The van der Waals surface area contributed by atoms with Crippen molar-refractivity contribution in [3.05, 3.63) is 5.82 Å². The van der Waals surface area contributed by atoms with Gasteiger partial charge in [-0.1, -0.05) is 19.1 Å². The van der Waals surface area contributed by atoms with Crippen LogP contribution in [0.25, 0.3) is 0 Å². The van der Waals surface area contributed by atoms with E-state index in [4.69, 9.17) is 5.73 Å². The predicted octanol–water partition coefficient (Wildman–Crippen LogP) is -0.419. The van der Waals surface area contributed by atoms with E-state index in [0.29, 0.717) is 12.4 Å². The third-order valence-corrected chi connectivity index (χ3v) is 3.02. The topological polar surface area (TPSA) is 110 Å². The summed E-state index contributed by atoms with van der Waals surface area (Å²) in [4.78, 5) is 12.0. The molecule has 0 aromatic carbocycles. The summed E-state index contributed by atoms with van der Waals surface area (Å²) in [5, 5.41) is 16.0. The van der Waals surface area contributed by atoms with Crippen LogP contribution < -0.4 is 11.1 Å². The Morgan fingerprint density at radius 2 is 2.19 bits per heavy atom. The van der Waals surface area contributed by atoms with Gasteiger partial charge in [0, 0.05) is 6.54 Å². The van der Waals surface area contributed by atoms with Gasteiger partial charge in [-0.3, -0.25) is 4.79 Å². The van der Waals surface area contributed by atoms with Gasteiger partial charge in [-0.15, -0.1) is 10.2 Å². The molecule has 0 unspecified atom stereocenters. The van der Waals surface area contributed by atoms with Gasteiger partial charge in [0.25, 0.3) is 0 Å². The van der Waals surface area contributed by atoms with Gasteiger partial charge < -0.3 is 11.1 Å². The summed E-state index contributed by atoms with van der Waals surface area (Å²) >= 11 is 0. The van der Waals surface area contributed by atoms with Gasteiger partial charge in [-0.05, 0) is 12.8 Å². The molecule has 1 aromatic rings. The number of carbonyl (C=O) groups excluding carboxylic acids is 1. The molecule has 0 atom stereocenters. The van der Waals surface area contributed by atoms with Gasteiger partial charge >= 0.3 is 0 Å². The van der Waals surface area contributed by atoms with Crippen molar-refractivity contribution in [2.24, 2.45) is 11.1 Å². The average molecular weight is 226 g/mol. The van der Waals surface area contributed by atoms with Gasteiger partial charge in [-0.2, -0.15) is 5.21 Å². The molecule has 90 valence electrons. The number of carbonyl (C=O) groups is 1. The Morgan fingerprint density at radius 3 is 2.62 bits per heavy atom. The zero-order valence-electron chi connectivity index (χ0n) is 9.66. The lowest BCUT2D eigenvalue weighted by atomic mass is 9.81. The Morgan fingerprint density at radius 1 is 1.50 bits per heavy atom. The fourth-order valence-electron chi connectivity index (χ4n) is 1.56. The zero-order chi connectivity index (χ0) is 12.0. The van der Waals surface area contributed by atoms with Gasteiger partial charge in [0.2, 0.25) is 5.91 Å².